The minimum absolute atomic E-state index is 0.0231. The van der Waals surface area contributed by atoms with Crippen LogP contribution in [-0.2, 0) is 0 Å². The normalized spacial score (nSPS) is 18.0. The summed E-state index contributed by atoms with van der Waals surface area (Å²) >= 11 is 1.77. The van der Waals surface area contributed by atoms with Crippen LogP contribution in [0.2, 0.25) is 0 Å². The summed E-state index contributed by atoms with van der Waals surface area (Å²) in [6, 6.07) is 10.2. The molecule has 0 aromatic heterocycles. The van der Waals surface area contributed by atoms with E-state index in [1.165, 1.54) is 6.07 Å². The highest BCUT2D eigenvalue weighted by Gasteiger charge is 2.47. The summed E-state index contributed by atoms with van der Waals surface area (Å²) in [5.41, 5.74) is 1.68. The molecule has 5 nitrogen and oxygen atoms in total. The Labute approximate surface area is 178 Å². The van der Waals surface area contributed by atoms with E-state index in [9.17, 15) is 18.4 Å². The van der Waals surface area contributed by atoms with Crippen LogP contribution in [0.5, 0.6) is 0 Å². The van der Waals surface area contributed by atoms with Crippen molar-refractivity contribution in [2.45, 2.75) is 24.6 Å². The zero-order valence-corrected chi connectivity index (χ0v) is 17.5. The first-order valence-electron chi connectivity index (χ1n) is 9.92. The van der Waals surface area contributed by atoms with Gasteiger partial charge in [0.25, 0.3) is 5.91 Å². The predicted octanol–water partition coefficient (Wildman–Crippen LogP) is 4.49. The smallest absolute Gasteiger partial charge is 0.321 e. The van der Waals surface area contributed by atoms with Crippen LogP contribution in [0, 0.1) is 18.6 Å². The highest BCUT2D eigenvalue weighted by atomic mass is 32.2. The molecule has 0 aliphatic carbocycles. The molecule has 0 saturated carbocycles. The van der Waals surface area contributed by atoms with Gasteiger partial charge in [-0.25, -0.2) is 13.6 Å². The average Bonchev–Trinajstić information content (AvgIpc) is 3.13. The second kappa shape index (κ2) is 8.26. The molecule has 1 spiro atoms. The van der Waals surface area contributed by atoms with Crippen molar-refractivity contribution < 1.29 is 18.4 Å². The topological polar surface area (TPSA) is 52.7 Å². The number of amides is 3. The van der Waals surface area contributed by atoms with Crippen molar-refractivity contribution in [3.63, 3.8) is 0 Å². The van der Waals surface area contributed by atoms with E-state index in [4.69, 9.17) is 0 Å². The largest absolute Gasteiger partial charge is 0.324 e. The van der Waals surface area contributed by atoms with Gasteiger partial charge in [-0.2, -0.15) is 0 Å². The van der Waals surface area contributed by atoms with E-state index in [1.54, 1.807) is 16.7 Å². The van der Waals surface area contributed by atoms with Gasteiger partial charge in [0, 0.05) is 37.0 Å². The summed E-state index contributed by atoms with van der Waals surface area (Å²) in [5, 5.41) is 2.51. The standard InChI is InChI=1S/C22H23F2N3O2S/c1-15-3-2-4-16(13-15)20(28)27-11-12-30-22(27)7-9-26(10-8-22)21(29)25-19-6-5-17(23)14-18(19)24/h2-6,13-14H,7-12H2,1H3,(H,25,29). The van der Waals surface area contributed by atoms with Crippen LogP contribution in [-0.4, -0.2) is 52.0 Å². The van der Waals surface area contributed by atoms with Crippen molar-refractivity contribution in [1.82, 2.24) is 9.80 Å². The molecule has 2 heterocycles. The minimum Gasteiger partial charge on any atom is -0.324 e. The van der Waals surface area contributed by atoms with Crippen LogP contribution in [0.25, 0.3) is 0 Å². The Morgan fingerprint density at radius 1 is 1.07 bits per heavy atom. The molecule has 2 aliphatic rings. The monoisotopic (exact) mass is 431 g/mol. The molecule has 0 atom stereocenters. The predicted molar refractivity (Wildman–Crippen MR) is 114 cm³/mol. The third-order valence-corrected chi connectivity index (χ3v) is 7.25. The molecule has 3 amide bonds. The van der Waals surface area contributed by atoms with Gasteiger partial charge in [-0.15, -0.1) is 11.8 Å². The van der Waals surface area contributed by atoms with Crippen LogP contribution in [0.4, 0.5) is 19.3 Å². The summed E-state index contributed by atoms with van der Waals surface area (Å²) in [6.07, 6.45) is 1.29. The van der Waals surface area contributed by atoms with Crippen molar-refractivity contribution in [3.05, 3.63) is 65.2 Å². The van der Waals surface area contributed by atoms with Gasteiger partial charge in [0.05, 0.1) is 10.6 Å². The molecular formula is C22H23F2N3O2S. The number of thioether (sulfide) groups is 1. The molecule has 30 heavy (non-hydrogen) atoms. The second-order valence-corrected chi connectivity index (χ2v) is 9.12. The van der Waals surface area contributed by atoms with Crippen LogP contribution < -0.4 is 5.32 Å². The summed E-state index contributed by atoms with van der Waals surface area (Å²) in [4.78, 5) is 28.9. The summed E-state index contributed by atoms with van der Waals surface area (Å²) in [7, 11) is 0. The van der Waals surface area contributed by atoms with Gasteiger partial charge < -0.3 is 15.1 Å². The number of carbonyl (C=O) groups excluding carboxylic acids is 2. The van der Waals surface area contributed by atoms with Crippen molar-refractivity contribution in [2.75, 3.05) is 30.7 Å². The van der Waals surface area contributed by atoms with Gasteiger partial charge in [0.15, 0.2) is 0 Å². The van der Waals surface area contributed by atoms with E-state index in [1.807, 2.05) is 36.1 Å². The molecule has 8 heteroatoms. The van der Waals surface area contributed by atoms with E-state index < -0.39 is 17.7 Å². The molecule has 0 unspecified atom stereocenters. The molecule has 2 aromatic carbocycles. The molecule has 2 aromatic rings. The first-order chi connectivity index (χ1) is 14.4. The number of anilines is 1. The fraction of sp³-hybridized carbons (Fsp3) is 0.364. The van der Waals surface area contributed by atoms with Gasteiger partial charge in [0.1, 0.15) is 11.6 Å². The van der Waals surface area contributed by atoms with Crippen LogP contribution in [0.3, 0.4) is 0 Å². The van der Waals surface area contributed by atoms with Crippen molar-refractivity contribution in [2.24, 2.45) is 0 Å². The van der Waals surface area contributed by atoms with Crippen LogP contribution in [0.15, 0.2) is 42.5 Å². The molecule has 158 valence electrons. The molecular weight excluding hydrogens is 408 g/mol. The molecule has 4 rings (SSSR count). The molecule has 0 radical (unpaired) electrons. The SMILES string of the molecule is Cc1cccc(C(=O)N2CCSC23CCN(C(=O)Nc2ccc(F)cc2F)CC3)c1. The van der Waals surface area contributed by atoms with E-state index in [-0.39, 0.29) is 16.5 Å². The Bertz CT molecular complexity index is 977. The van der Waals surface area contributed by atoms with Crippen molar-refractivity contribution >= 4 is 29.4 Å². The number of halogens is 2. The van der Waals surface area contributed by atoms with E-state index >= 15 is 0 Å². The quantitative estimate of drug-likeness (QED) is 0.763. The van der Waals surface area contributed by atoms with E-state index in [0.717, 1.165) is 23.4 Å². The molecule has 1 N–H and O–H groups in total. The lowest BCUT2D eigenvalue weighted by Crippen LogP contribution is -2.54. The van der Waals surface area contributed by atoms with E-state index in [2.05, 4.69) is 5.32 Å². The number of likely N-dealkylation sites (tertiary alicyclic amines) is 1. The van der Waals surface area contributed by atoms with Crippen LogP contribution >= 0.6 is 11.8 Å². The number of hydrogen-bond donors (Lipinski definition) is 1. The summed E-state index contributed by atoms with van der Waals surface area (Å²) in [6.45, 7) is 3.56. The number of carbonyl (C=O) groups is 2. The number of rotatable bonds is 2. The lowest BCUT2D eigenvalue weighted by molar-refractivity contribution is 0.0585. The maximum Gasteiger partial charge on any atom is 0.321 e. The Hall–Kier alpha value is -2.61. The minimum atomic E-state index is -0.807. The first-order valence-corrected chi connectivity index (χ1v) is 10.9. The number of hydrogen-bond acceptors (Lipinski definition) is 3. The number of benzene rings is 2. The number of aryl methyl sites for hydroxylation is 1. The lowest BCUT2D eigenvalue weighted by atomic mass is 10.0. The Morgan fingerprint density at radius 3 is 2.53 bits per heavy atom. The van der Waals surface area contributed by atoms with E-state index in [0.29, 0.717) is 38.0 Å². The third kappa shape index (κ3) is 4.01. The zero-order chi connectivity index (χ0) is 21.3. The van der Waals surface area contributed by atoms with Gasteiger partial charge in [-0.1, -0.05) is 17.7 Å². The number of urea groups is 1. The van der Waals surface area contributed by atoms with Gasteiger partial charge in [0.2, 0.25) is 0 Å². The average molecular weight is 432 g/mol. The van der Waals surface area contributed by atoms with Crippen molar-refractivity contribution in [1.29, 1.82) is 0 Å². The van der Waals surface area contributed by atoms with Gasteiger partial charge >= 0.3 is 6.03 Å². The fourth-order valence-corrected chi connectivity index (χ4v) is 5.54. The second-order valence-electron chi connectivity index (χ2n) is 7.66. The zero-order valence-electron chi connectivity index (χ0n) is 16.7. The molecule has 2 fully saturated rings. The highest BCUT2D eigenvalue weighted by Crippen LogP contribution is 2.44. The third-order valence-electron chi connectivity index (χ3n) is 5.69. The Kier molecular flexibility index (Phi) is 5.69. The fourth-order valence-electron chi connectivity index (χ4n) is 4.09. The Balaban J connectivity index is 1.42. The first kappa shape index (κ1) is 20.7. The maximum atomic E-state index is 13.8. The van der Waals surface area contributed by atoms with Crippen LogP contribution in [0.1, 0.15) is 28.8 Å². The highest BCUT2D eigenvalue weighted by molar-refractivity contribution is 8.00. The molecule has 2 saturated heterocycles. The number of nitrogens with zero attached hydrogens (tertiary/aromatic N) is 2. The Morgan fingerprint density at radius 2 is 1.83 bits per heavy atom. The maximum absolute atomic E-state index is 13.8. The number of nitrogens with one attached hydrogen (secondary N) is 1. The van der Waals surface area contributed by atoms with Gasteiger partial charge in [-0.3, -0.25) is 4.79 Å². The molecule has 2 aliphatic heterocycles. The van der Waals surface area contributed by atoms with Gasteiger partial charge in [-0.05, 0) is 44.0 Å². The number of piperidine rings is 1. The summed E-state index contributed by atoms with van der Waals surface area (Å²) < 4.78 is 26.9. The van der Waals surface area contributed by atoms with Crippen molar-refractivity contribution in [3.8, 4) is 0 Å². The molecule has 0 bridgehead atoms. The summed E-state index contributed by atoms with van der Waals surface area (Å²) in [5.74, 6) is -0.611. The lowest BCUT2D eigenvalue weighted by Gasteiger charge is -2.44.